The molecule has 1 heterocycles. The number of anilines is 2. The number of rotatable bonds is 6. The van der Waals surface area contributed by atoms with Crippen LogP contribution in [0.25, 0.3) is 5.70 Å². The van der Waals surface area contributed by atoms with Gasteiger partial charge in [-0.25, -0.2) is 4.99 Å². The molecule has 1 atom stereocenters. The van der Waals surface area contributed by atoms with Crippen LogP contribution in [0.2, 0.25) is 0 Å². The molecule has 1 amide bonds. The molecule has 0 aromatic heterocycles. The van der Waals surface area contributed by atoms with Crippen LogP contribution in [0.4, 0.5) is 24.5 Å². The van der Waals surface area contributed by atoms with E-state index in [0.717, 1.165) is 29.8 Å². The van der Waals surface area contributed by atoms with Gasteiger partial charge in [0.05, 0.1) is 11.3 Å². The Morgan fingerprint density at radius 2 is 1.88 bits per heavy atom. The van der Waals surface area contributed by atoms with Crippen LogP contribution < -0.4 is 10.6 Å². The summed E-state index contributed by atoms with van der Waals surface area (Å²) in [7, 11) is 0. The Morgan fingerprint density at radius 3 is 2.50 bits per heavy atom. The fourth-order valence-electron chi connectivity index (χ4n) is 3.32. The first-order chi connectivity index (χ1) is 16.1. The van der Waals surface area contributed by atoms with Crippen molar-refractivity contribution in [1.82, 2.24) is 4.90 Å². The quantitative estimate of drug-likeness (QED) is 0.487. The van der Waals surface area contributed by atoms with Crippen LogP contribution in [0.5, 0.6) is 0 Å². The van der Waals surface area contributed by atoms with Gasteiger partial charge in [-0.3, -0.25) is 4.79 Å². The monoisotopic (exact) mass is 468 g/mol. The van der Waals surface area contributed by atoms with Gasteiger partial charge in [0.15, 0.2) is 5.84 Å². The number of amides is 1. The average molecular weight is 469 g/mol. The predicted molar refractivity (Wildman–Crippen MR) is 131 cm³/mol. The number of alkyl halides is 3. The fraction of sp³-hybridized carbons (Fsp3) is 0.231. The topological polar surface area (TPSA) is 56.7 Å². The van der Waals surface area contributed by atoms with Crippen molar-refractivity contribution in [3.8, 4) is 0 Å². The van der Waals surface area contributed by atoms with Gasteiger partial charge in [0, 0.05) is 36.4 Å². The van der Waals surface area contributed by atoms with E-state index in [1.54, 1.807) is 18.5 Å². The first kappa shape index (κ1) is 24.8. The summed E-state index contributed by atoms with van der Waals surface area (Å²) >= 11 is 0. The summed E-state index contributed by atoms with van der Waals surface area (Å²) in [6.07, 6.45) is 1.91. The Labute approximate surface area is 197 Å². The Balaban J connectivity index is 1.89. The van der Waals surface area contributed by atoms with Crippen LogP contribution in [-0.4, -0.2) is 16.6 Å². The Kier molecular flexibility index (Phi) is 7.61. The number of benzene rings is 2. The van der Waals surface area contributed by atoms with Gasteiger partial charge in [-0.2, -0.15) is 13.2 Å². The summed E-state index contributed by atoms with van der Waals surface area (Å²) in [5.41, 5.74) is 2.42. The largest absolute Gasteiger partial charge is 0.416 e. The maximum Gasteiger partial charge on any atom is 0.416 e. The Morgan fingerprint density at radius 1 is 1.18 bits per heavy atom. The van der Waals surface area contributed by atoms with Crippen LogP contribution in [-0.2, 0) is 11.0 Å². The van der Waals surface area contributed by atoms with Crippen molar-refractivity contribution in [2.24, 2.45) is 10.9 Å². The average Bonchev–Trinajstić information content (AvgIpc) is 2.79. The molecule has 34 heavy (non-hydrogen) atoms. The molecule has 0 spiro atoms. The van der Waals surface area contributed by atoms with E-state index in [2.05, 4.69) is 42.1 Å². The molecule has 1 unspecified atom stereocenters. The number of nitrogens with zero attached hydrogens (tertiary/aromatic N) is 2. The number of nitrogens with one attached hydrogen (secondary N) is 2. The second-order valence-electron chi connectivity index (χ2n) is 7.99. The zero-order valence-electron chi connectivity index (χ0n) is 19.3. The second-order valence-corrected chi connectivity index (χ2v) is 7.99. The SMILES string of the molecule is C=C1C(Nc2cccc(C(F)(F)F)c2)=NC=CN1C(=CC(C)CC)c1ccc(NC(C)=O)cc1. The molecule has 1 aliphatic rings. The highest BCUT2D eigenvalue weighted by molar-refractivity contribution is 6.09. The third kappa shape index (κ3) is 6.15. The molecule has 1 aliphatic heterocycles. The van der Waals surface area contributed by atoms with Crippen molar-refractivity contribution >= 4 is 28.8 Å². The Hall–Kier alpha value is -3.81. The number of hydrogen-bond donors (Lipinski definition) is 2. The lowest BCUT2D eigenvalue weighted by Gasteiger charge is -2.30. The van der Waals surface area contributed by atoms with Gasteiger partial charge in [0.1, 0.15) is 0 Å². The minimum Gasteiger partial charge on any atom is -0.338 e. The first-order valence-electron chi connectivity index (χ1n) is 10.9. The van der Waals surface area contributed by atoms with E-state index >= 15 is 0 Å². The fourth-order valence-corrected chi connectivity index (χ4v) is 3.32. The lowest BCUT2D eigenvalue weighted by Crippen LogP contribution is -2.28. The summed E-state index contributed by atoms with van der Waals surface area (Å²) < 4.78 is 39.3. The van der Waals surface area contributed by atoms with E-state index in [4.69, 9.17) is 0 Å². The highest BCUT2D eigenvalue weighted by Crippen LogP contribution is 2.32. The third-order valence-electron chi connectivity index (χ3n) is 5.28. The highest BCUT2D eigenvalue weighted by Gasteiger charge is 2.30. The van der Waals surface area contributed by atoms with E-state index in [0.29, 0.717) is 17.2 Å². The Bertz CT molecular complexity index is 1150. The van der Waals surface area contributed by atoms with Gasteiger partial charge in [-0.1, -0.05) is 51.1 Å². The summed E-state index contributed by atoms with van der Waals surface area (Å²) in [6, 6.07) is 12.4. The minimum absolute atomic E-state index is 0.156. The molecule has 0 radical (unpaired) electrons. The smallest absolute Gasteiger partial charge is 0.338 e. The molecule has 0 saturated heterocycles. The van der Waals surface area contributed by atoms with E-state index in [1.165, 1.54) is 13.0 Å². The number of halogens is 3. The molecule has 0 aliphatic carbocycles. The molecule has 2 aromatic rings. The lowest BCUT2D eigenvalue weighted by atomic mass is 10.0. The molecule has 5 nitrogen and oxygen atoms in total. The molecule has 2 aromatic carbocycles. The minimum atomic E-state index is -4.44. The number of carbonyl (C=O) groups is 1. The zero-order valence-corrected chi connectivity index (χ0v) is 19.3. The van der Waals surface area contributed by atoms with E-state index in [-0.39, 0.29) is 17.5 Å². The van der Waals surface area contributed by atoms with Gasteiger partial charge < -0.3 is 15.5 Å². The predicted octanol–water partition coefficient (Wildman–Crippen LogP) is 6.86. The normalized spacial score (nSPS) is 15.1. The van der Waals surface area contributed by atoms with Crippen molar-refractivity contribution < 1.29 is 18.0 Å². The van der Waals surface area contributed by atoms with Gasteiger partial charge in [-0.05, 0) is 41.8 Å². The molecule has 0 saturated carbocycles. The van der Waals surface area contributed by atoms with Crippen LogP contribution in [0.1, 0.15) is 38.3 Å². The molecular formula is C26H27F3N4O. The second kappa shape index (κ2) is 10.4. The van der Waals surface area contributed by atoms with Crippen molar-refractivity contribution in [3.63, 3.8) is 0 Å². The van der Waals surface area contributed by atoms with Crippen LogP contribution >= 0.6 is 0 Å². The molecule has 2 N–H and O–H groups in total. The molecule has 0 bridgehead atoms. The zero-order chi connectivity index (χ0) is 24.9. The van der Waals surface area contributed by atoms with E-state index in [1.807, 2.05) is 29.2 Å². The first-order valence-corrected chi connectivity index (χ1v) is 10.9. The van der Waals surface area contributed by atoms with E-state index in [9.17, 15) is 18.0 Å². The van der Waals surface area contributed by atoms with Gasteiger partial charge in [0.2, 0.25) is 5.91 Å². The number of aliphatic imine (C=N–C) groups is 1. The van der Waals surface area contributed by atoms with Crippen LogP contribution in [0.15, 0.2) is 84.3 Å². The lowest BCUT2D eigenvalue weighted by molar-refractivity contribution is -0.137. The molecular weight excluding hydrogens is 441 g/mol. The standard InChI is InChI=1S/C26H27F3N4O/c1-5-17(2)15-24(20-9-11-22(12-10-20)31-19(4)34)33-14-13-30-25(18(33)3)32-23-8-6-7-21(16-23)26(27,28)29/h6-17H,3,5H2,1-2,4H3,(H,30,32)(H,31,34). The summed E-state index contributed by atoms with van der Waals surface area (Å²) in [4.78, 5) is 17.5. The summed E-state index contributed by atoms with van der Waals surface area (Å²) in [6.45, 7) is 9.77. The van der Waals surface area contributed by atoms with Gasteiger partial charge in [-0.15, -0.1) is 0 Å². The van der Waals surface area contributed by atoms with Gasteiger partial charge in [0.25, 0.3) is 0 Å². The summed E-state index contributed by atoms with van der Waals surface area (Å²) in [5, 5.41) is 5.71. The molecule has 3 rings (SSSR count). The van der Waals surface area contributed by atoms with Crippen molar-refractivity contribution in [2.45, 2.75) is 33.4 Å². The van der Waals surface area contributed by atoms with Crippen molar-refractivity contribution in [3.05, 3.63) is 90.4 Å². The van der Waals surface area contributed by atoms with Crippen molar-refractivity contribution in [2.75, 3.05) is 10.6 Å². The highest BCUT2D eigenvalue weighted by atomic mass is 19.4. The molecule has 0 fully saturated rings. The van der Waals surface area contributed by atoms with E-state index < -0.39 is 11.7 Å². The van der Waals surface area contributed by atoms with Crippen molar-refractivity contribution in [1.29, 1.82) is 0 Å². The van der Waals surface area contributed by atoms with Gasteiger partial charge >= 0.3 is 6.18 Å². The maximum absolute atomic E-state index is 13.1. The molecule has 8 heteroatoms. The van der Waals surface area contributed by atoms with Crippen LogP contribution in [0, 0.1) is 5.92 Å². The number of hydrogen-bond acceptors (Lipinski definition) is 4. The van der Waals surface area contributed by atoms with Crippen LogP contribution in [0.3, 0.4) is 0 Å². The molecule has 178 valence electrons. The third-order valence-corrected chi connectivity index (χ3v) is 5.28. The number of carbonyl (C=O) groups excluding carboxylic acids is 1. The number of amidine groups is 1. The summed E-state index contributed by atoms with van der Waals surface area (Å²) in [5.74, 6) is 0.439. The number of allylic oxidation sites excluding steroid dienone is 1. The maximum atomic E-state index is 13.1.